The van der Waals surface area contributed by atoms with Gasteiger partial charge in [-0.15, -0.1) is 0 Å². The molecule has 1 aromatic heterocycles. The Hall–Kier alpha value is -3.94. The molecule has 0 aliphatic heterocycles. The number of nitrogens with zero attached hydrogens (tertiary/aromatic N) is 2. The molecule has 8 heteroatoms. The second-order valence-electron chi connectivity index (χ2n) is 8.32. The lowest BCUT2D eigenvalue weighted by Crippen LogP contribution is -2.37. The van der Waals surface area contributed by atoms with Gasteiger partial charge in [0.05, 0.1) is 0 Å². The molecule has 0 spiro atoms. The Morgan fingerprint density at radius 3 is 2.55 bits per heavy atom. The zero-order valence-electron chi connectivity index (χ0n) is 18.6. The first kappa shape index (κ1) is 22.3. The van der Waals surface area contributed by atoms with Crippen LogP contribution in [0.3, 0.4) is 0 Å². The van der Waals surface area contributed by atoms with Crippen molar-refractivity contribution in [1.29, 1.82) is 0 Å². The van der Waals surface area contributed by atoms with Gasteiger partial charge in [-0.3, -0.25) is 4.79 Å². The maximum Gasteiger partial charge on any atom is 0.347 e. The van der Waals surface area contributed by atoms with Crippen LogP contribution >= 0.6 is 0 Å². The Morgan fingerprint density at radius 1 is 1.15 bits per heavy atom. The summed E-state index contributed by atoms with van der Waals surface area (Å²) in [5.74, 6) is 0.980. The summed E-state index contributed by atoms with van der Waals surface area (Å²) in [5, 5.41) is 13.0. The second-order valence-corrected chi connectivity index (χ2v) is 8.32. The van der Waals surface area contributed by atoms with E-state index < -0.39 is 11.6 Å². The Bertz CT molecular complexity index is 1220. The number of aliphatic carboxylic acids is 1. The number of benzene rings is 2. The van der Waals surface area contributed by atoms with Crippen molar-refractivity contribution in [2.75, 3.05) is 0 Å². The van der Waals surface area contributed by atoms with Gasteiger partial charge in [0.15, 0.2) is 18.0 Å². The summed E-state index contributed by atoms with van der Waals surface area (Å²) in [7, 11) is 0. The van der Waals surface area contributed by atoms with E-state index in [1.54, 1.807) is 25.1 Å². The fourth-order valence-electron chi connectivity index (χ4n) is 3.50. The van der Waals surface area contributed by atoms with Crippen LogP contribution < -0.4 is 9.47 Å². The van der Waals surface area contributed by atoms with Crippen LogP contribution in [0.1, 0.15) is 53.5 Å². The molecule has 170 valence electrons. The number of aromatic nitrogens is 2. The maximum absolute atomic E-state index is 13.0. The summed E-state index contributed by atoms with van der Waals surface area (Å²) in [6, 6.07) is 12.5. The minimum absolute atomic E-state index is 0.0342. The Morgan fingerprint density at radius 2 is 1.88 bits per heavy atom. The lowest BCUT2D eigenvalue weighted by molar-refractivity contribution is -0.152. The molecule has 0 saturated heterocycles. The number of carbonyl (C=O) groups is 2. The Kier molecular flexibility index (Phi) is 6.00. The third kappa shape index (κ3) is 5.11. The first-order valence-electron chi connectivity index (χ1n) is 10.5. The highest BCUT2D eigenvalue weighted by molar-refractivity contribution is 6.13. The molecule has 0 atom stereocenters. The fourth-order valence-corrected chi connectivity index (χ4v) is 3.50. The van der Waals surface area contributed by atoms with Crippen molar-refractivity contribution in [2.45, 2.75) is 45.8 Å². The van der Waals surface area contributed by atoms with E-state index in [1.807, 2.05) is 30.3 Å². The van der Waals surface area contributed by atoms with Crippen molar-refractivity contribution in [1.82, 2.24) is 10.1 Å². The molecule has 1 N–H and O–H groups in total. The molecule has 0 saturated carbocycles. The van der Waals surface area contributed by atoms with E-state index in [0.29, 0.717) is 41.6 Å². The molecule has 1 heterocycles. The molecule has 8 nitrogen and oxygen atoms in total. The molecule has 1 aliphatic carbocycles. The van der Waals surface area contributed by atoms with Crippen LogP contribution in [-0.2, 0) is 17.8 Å². The molecule has 0 amide bonds. The molecule has 0 bridgehead atoms. The third-order valence-corrected chi connectivity index (χ3v) is 5.32. The number of rotatable bonds is 7. The molecule has 1 aliphatic rings. The first-order chi connectivity index (χ1) is 15.7. The van der Waals surface area contributed by atoms with Gasteiger partial charge in [-0.2, -0.15) is 4.98 Å². The van der Waals surface area contributed by atoms with E-state index in [-0.39, 0.29) is 12.4 Å². The number of carboxylic acid groups (broad SMARTS) is 1. The molecule has 0 unspecified atom stereocenters. The predicted molar refractivity (Wildman–Crippen MR) is 119 cm³/mol. The lowest BCUT2D eigenvalue weighted by atomic mass is 9.86. The number of allylic oxidation sites excluding steroid dienone is 1. The second kappa shape index (κ2) is 8.90. The van der Waals surface area contributed by atoms with Gasteiger partial charge in [-0.25, -0.2) is 4.79 Å². The summed E-state index contributed by atoms with van der Waals surface area (Å²) < 4.78 is 16.2. The number of ketones is 1. The van der Waals surface area contributed by atoms with Crippen molar-refractivity contribution in [3.05, 3.63) is 76.4 Å². The van der Waals surface area contributed by atoms with Gasteiger partial charge >= 0.3 is 5.97 Å². The number of carboxylic acids is 1. The predicted octanol–water partition coefficient (Wildman–Crippen LogP) is 4.41. The maximum atomic E-state index is 13.0. The quantitative estimate of drug-likeness (QED) is 0.529. The highest BCUT2D eigenvalue weighted by Gasteiger charge is 2.30. The SMILES string of the molecule is Cc1nc(COc2ccc(/C=C3/CCc4cc(OC(C)(C)C(=O)O)ccc4C3=O)cc2)no1. The van der Waals surface area contributed by atoms with Crippen LogP contribution in [0.15, 0.2) is 52.6 Å². The molecule has 0 fully saturated rings. The normalized spacial score (nSPS) is 14.8. The molecular weight excluding hydrogens is 424 g/mol. The van der Waals surface area contributed by atoms with Gasteiger partial charge in [-0.05, 0) is 74.2 Å². The fraction of sp³-hybridized carbons (Fsp3) is 0.280. The molecule has 0 radical (unpaired) electrons. The van der Waals surface area contributed by atoms with Crippen molar-refractivity contribution in [3.8, 4) is 11.5 Å². The smallest absolute Gasteiger partial charge is 0.347 e. The number of Topliss-reactive ketones (excluding diaryl/α,β-unsaturated/α-hetero) is 1. The van der Waals surface area contributed by atoms with Gasteiger partial charge in [0, 0.05) is 18.1 Å². The number of aryl methyl sites for hydroxylation is 2. The van der Waals surface area contributed by atoms with E-state index in [4.69, 9.17) is 14.0 Å². The summed E-state index contributed by atoms with van der Waals surface area (Å²) in [6.45, 7) is 4.91. The first-order valence-corrected chi connectivity index (χ1v) is 10.5. The minimum Gasteiger partial charge on any atom is -0.485 e. The summed E-state index contributed by atoms with van der Waals surface area (Å²) in [5.41, 5.74) is 1.74. The number of fused-ring (bicyclic) bond motifs is 1. The topological polar surface area (TPSA) is 112 Å². The van der Waals surface area contributed by atoms with Crippen LogP contribution in [0.2, 0.25) is 0 Å². The average Bonchev–Trinajstić information content (AvgIpc) is 3.20. The molecule has 33 heavy (non-hydrogen) atoms. The third-order valence-electron chi connectivity index (χ3n) is 5.32. The van der Waals surface area contributed by atoms with Crippen LogP contribution in [0.25, 0.3) is 6.08 Å². The summed E-state index contributed by atoms with van der Waals surface area (Å²) in [6.07, 6.45) is 3.14. The van der Waals surface area contributed by atoms with Gasteiger partial charge in [0.25, 0.3) is 0 Å². The highest BCUT2D eigenvalue weighted by atomic mass is 16.5. The molecule has 2 aromatic carbocycles. The standard InChI is InChI=1S/C25H24N2O6/c1-15-26-22(27-33-15)14-31-19-8-4-16(5-9-19)12-18-7-6-17-13-20(10-11-21(17)23(18)28)32-25(2,3)24(29)30/h4-5,8-13H,6-7,14H2,1-3H3,(H,29,30)/b18-12-. The largest absolute Gasteiger partial charge is 0.485 e. The van der Waals surface area contributed by atoms with E-state index >= 15 is 0 Å². The van der Waals surface area contributed by atoms with Crippen LogP contribution in [0, 0.1) is 6.92 Å². The zero-order chi connectivity index (χ0) is 23.6. The molecule has 4 rings (SSSR count). The van der Waals surface area contributed by atoms with Crippen molar-refractivity contribution >= 4 is 17.8 Å². The average molecular weight is 448 g/mol. The van der Waals surface area contributed by atoms with Gasteiger partial charge in [-0.1, -0.05) is 17.3 Å². The van der Waals surface area contributed by atoms with Crippen LogP contribution in [-0.4, -0.2) is 32.6 Å². The van der Waals surface area contributed by atoms with Crippen LogP contribution in [0.5, 0.6) is 11.5 Å². The van der Waals surface area contributed by atoms with Gasteiger partial charge < -0.3 is 19.1 Å². The van der Waals surface area contributed by atoms with Crippen molar-refractivity contribution in [3.63, 3.8) is 0 Å². The van der Waals surface area contributed by atoms with Crippen molar-refractivity contribution in [2.24, 2.45) is 0 Å². The van der Waals surface area contributed by atoms with Gasteiger partial charge in [0.1, 0.15) is 11.5 Å². The number of hydrogen-bond donors (Lipinski definition) is 1. The number of hydrogen-bond acceptors (Lipinski definition) is 7. The number of carbonyl (C=O) groups excluding carboxylic acids is 1. The lowest BCUT2D eigenvalue weighted by Gasteiger charge is -2.23. The van der Waals surface area contributed by atoms with E-state index in [9.17, 15) is 14.7 Å². The van der Waals surface area contributed by atoms with Crippen molar-refractivity contribution < 1.29 is 28.7 Å². The summed E-state index contributed by atoms with van der Waals surface area (Å²) >= 11 is 0. The number of ether oxygens (including phenoxy) is 2. The zero-order valence-corrected chi connectivity index (χ0v) is 18.6. The van der Waals surface area contributed by atoms with E-state index in [0.717, 1.165) is 16.7 Å². The highest BCUT2D eigenvalue weighted by Crippen LogP contribution is 2.31. The van der Waals surface area contributed by atoms with E-state index in [2.05, 4.69) is 10.1 Å². The Balaban J connectivity index is 1.44. The molecule has 3 aromatic rings. The van der Waals surface area contributed by atoms with Gasteiger partial charge in [0.2, 0.25) is 11.7 Å². The summed E-state index contributed by atoms with van der Waals surface area (Å²) in [4.78, 5) is 28.4. The molecular formula is C25H24N2O6. The Labute approximate surface area is 190 Å². The minimum atomic E-state index is -1.35. The van der Waals surface area contributed by atoms with Crippen LogP contribution in [0.4, 0.5) is 0 Å². The van der Waals surface area contributed by atoms with E-state index in [1.165, 1.54) is 13.8 Å². The monoisotopic (exact) mass is 448 g/mol.